The van der Waals surface area contributed by atoms with Crippen LogP contribution in [0.1, 0.15) is 60.3 Å². The number of carbonyl (C=O) groups excluding carboxylic acids is 2. The second-order valence-electron chi connectivity index (χ2n) is 9.57. The van der Waals surface area contributed by atoms with Crippen LogP contribution in [0.3, 0.4) is 0 Å². The van der Waals surface area contributed by atoms with Crippen LogP contribution in [0, 0.1) is 28.6 Å². The number of carbonyl (C=O) groups is 2. The number of nitrogens with zero attached hydrogens (tertiary/aromatic N) is 1. The van der Waals surface area contributed by atoms with Gasteiger partial charge < -0.3 is 38.2 Å². The number of allylic oxidation sites excluding steroid dienone is 3. The maximum atomic E-state index is 13.4. The van der Waals surface area contributed by atoms with E-state index in [2.05, 4.69) is 27.7 Å². The minimum absolute atomic E-state index is 0.0931. The van der Waals surface area contributed by atoms with Crippen LogP contribution in [-0.2, 0) is 9.59 Å². The van der Waals surface area contributed by atoms with Crippen molar-refractivity contribution >= 4 is 30.5 Å². The zero-order chi connectivity index (χ0) is 27.4. The SMILES string of the molecule is C/C=C(\NC(C)C)C(=O)NC(C(=O)N/C(C=NC/C(C(C)=N)=C(\C)N)=C/N)C(C1CC1)C1CC1.C=N. The van der Waals surface area contributed by atoms with Gasteiger partial charge in [0.15, 0.2) is 0 Å². The lowest BCUT2D eigenvalue weighted by molar-refractivity contribution is -0.129. The molecule has 0 aromatic carbocycles. The van der Waals surface area contributed by atoms with E-state index in [0.29, 0.717) is 40.2 Å². The number of nitrogens with one attached hydrogen (secondary N) is 5. The summed E-state index contributed by atoms with van der Waals surface area (Å²) in [6.07, 6.45) is 8.79. The largest absolute Gasteiger partial charge is 0.403 e. The first-order valence-electron chi connectivity index (χ1n) is 12.4. The maximum absolute atomic E-state index is 13.4. The van der Waals surface area contributed by atoms with Crippen molar-refractivity contribution in [2.45, 2.75) is 72.4 Å². The lowest BCUT2D eigenvalue weighted by Crippen LogP contribution is -2.53. The first-order valence-corrected chi connectivity index (χ1v) is 12.4. The van der Waals surface area contributed by atoms with Crippen molar-refractivity contribution in [3.8, 4) is 0 Å². The molecule has 10 heteroatoms. The second kappa shape index (κ2) is 14.9. The Balaban J connectivity index is 0.00000316. The Morgan fingerprint density at radius 1 is 1.11 bits per heavy atom. The summed E-state index contributed by atoms with van der Waals surface area (Å²) < 4.78 is 0. The molecular formula is C26H44N8O2. The molecule has 1 unspecified atom stereocenters. The molecule has 0 aromatic rings. The number of nitrogens with two attached hydrogens (primary N) is 2. The highest BCUT2D eigenvalue weighted by atomic mass is 16.2. The number of aliphatic imine (C=N–C) groups is 1. The van der Waals surface area contributed by atoms with E-state index >= 15 is 0 Å². The van der Waals surface area contributed by atoms with Gasteiger partial charge in [-0.1, -0.05) is 6.08 Å². The predicted octanol–water partition coefficient (Wildman–Crippen LogP) is 2.33. The number of hydrogen-bond acceptors (Lipinski definition) is 8. The average Bonchev–Trinajstić information content (AvgIpc) is 3.74. The highest BCUT2D eigenvalue weighted by Gasteiger charge is 2.48. The minimum atomic E-state index is -0.662. The van der Waals surface area contributed by atoms with E-state index in [-0.39, 0.29) is 30.3 Å². The molecule has 2 fully saturated rings. The summed E-state index contributed by atoms with van der Waals surface area (Å²) >= 11 is 0. The van der Waals surface area contributed by atoms with E-state index in [1.54, 1.807) is 26.8 Å². The Labute approximate surface area is 215 Å². The summed E-state index contributed by atoms with van der Waals surface area (Å²) in [5.41, 5.74) is 13.9. The molecule has 0 aliphatic heterocycles. The Bertz CT molecular complexity index is 895. The Morgan fingerprint density at radius 2 is 1.67 bits per heavy atom. The van der Waals surface area contributed by atoms with Gasteiger partial charge in [0, 0.05) is 35.4 Å². The summed E-state index contributed by atoms with van der Waals surface area (Å²) in [7, 11) is 0. The van der Waals surface area contributed by atoms with Crippen LogP contribution in [0.25, 0.3) is 0 Å². The van der Waals surface area contributed by atoms with Crippen molar-refractivity contribution in [1.82, 2.24) is 16.0 Å². The molecular weight excluding hydrogens is 456 g/mol. The molecule has 36 heavy (non-hydrogen) atoms. The van der Waals surface area contributed by atoms with Gasteiger partial charge in [0.1, 0.15) is 6.04 Å². The summed E-state index contributed by atoms with van der Waals surface area (Å²) in [5, 5.41) is 22.3. The summed E-state index contributed by atoms with van der Waals surface area (Å²) in [5.74, 6) is 0.418. The molecule has 2 aliphatic rings. The number of rotatable bonds is 13. The molecule has 0 heterocycles. The lowest BCUT2D eigenvalue weighted by atomic mass is 9.88. The Hall–Kier alpha value is -3.43. The van der Waals surface area contributed by atoms with Crippen molar-refractivity contribution in [3.63, 3.8) is 0 Å². The average molecular weight is 501 g/mol. The van der Waals surface area contributed by atoms with E-state index in [0.717, 1.165) is 25.7 Å². The molecule has 10 nitrogen and oxygen atoms in total. The monoisotopic (exact) mass is 500 g/mol. The van der Waals surface area contributed by atoms with Gasteiger partial charge >= 0.3 is 0 Å². The third kappa shape index (κ3) is 9.67. The smallest absolute Gasteiger partial charge is 0.267 e. The van der Waals surface area contributed by atoms with Crippen LogP contribution in [0.5, 0.6) is 0 Å². The van der Waals surface area contributed by atoms with Crippen molar-refractivity contribution in [2.75, 3.05) is 6.54 Å². The third-order valence-electron chi connectivity index (χ3n) is 6.12. The highest BCUT2D eigenvalue weighted by Crippen LogP contribution is 2.50. The van der Waals surface area contributed by atoms with E-state index in [9.17, 15) is 9.59 Å². The lowest BCUT2D eigenvalue weighted by Gasteiger charge is -2.28. The van der Waals surface area contributed by atoms with Crippen molar-refractivity contribution in [3.05, 3.63) is 34.9 Å². The Kier molecular flexibility index (Phi) is 12.6. The fourth-order valence-corrected chi connectivity index (χ4v) is 4.15. The molecule has 0 spiro atoms. The van der Waals surface area contributed by atoms with Gasteiger partial charge in [-0.05, 0) is 84.8 Å². The highest BCUT2D eigenvalue weighted by molar-refractivity contribution is 5.99. The first-order chi connectivity index (χ1) is 17.1. The number of amides is 2. The zero-order valence-electron chi connectivity index (χ0n) is 22.3. The molecule has 2 amide bonds. The maximum Gasteiger partial charge on any atom is 0.267 e. The summed E-state index contributed by atoms with van der Waals surface area (Å²) in [4.78, 5) is 30.7. The number of hydrogen-bond donors (Lipinski definition) is 7. The zero-order valence-corrected chi connectivity index (χ0v) is 22.3. The third-order valence-corrected chi connectivity index (χ3v) is 6.12. The van der Waals surface area contributed by atoms with Gasteiger partial charge in [-0.25, -0.2) is 0 Å². The summed E-state index contributed by atoms with van der Waals surface area (Å²) in [6.45, 7) is 11.8. The molecule has 200 valence electrons. The molecule has 0 saturated heterocycles. The van der Waals surface area contributed by atoms with E-state index in [4.69, 9.17) is 22.3 Å². The van der Waals surface area contributed by atoms with Crippen LogP contribution in [0.2, 0.25) is 0 Å². The van der Waals surface area contributed by atoms with Crippen LogP contribution in [0.15, 0.2) is 39.9 Å². The van der Waals surface area contributed by atoms with Crippen molar-refractivity contribution in [2.24, 2.45) is 34.2 Å². The normalized spacial score (nSPS) is 17.8. The first kappa shape index (κ1) is 30.6. The summed E-state index contributed by atoms with van der Waals surface area (Å²) in [6, 6.07) is -0.569. The van der Waals surface area contributed by atoms with Gasteiger partial charge in [-0.15, -0.1) is 0 Å². The molecule has 2 aliphatic carbocycles. The van der Waals surface area contributed by atoms with E-state index in [1.807, 2.05) is 13.8 Å². The van der Waals surface area contributed by atoms with Crippen LogP contribution < -0.4 is 27.4 Å². The van der Waals surface area contributed by atoms with Gasteiger partial charge in [-0.2, -0.15) is 0 Å². The fraction of sp³-hybridized carbons (Fsp3) is 0.577. The molecule has 2 saturated carbocycles. The van der Waals surface area contributed by atoms with Crippen LogP contribution in [-0.4, -0.2) is 49.1 Å². The minimum Gasteiger partial charge on any atom is -0.403 e. The molecule has 0 bridgehead atoms. The topological polar surface area (TPSA) is 182 Å². The molecule has 9 N–H and O–H groups in total. The molecule has 0 aromatic heterocycles. The van der Waals surface area contributed by atoms with Gasteiger partial charge in [0.05, 0.1) is 17.9 Å². The fourth-order valence-electron chi connectivity index (χ4n) is 4.15. The molecule has 1 atom stereocenters. The van der Waals surface area contributed by atoms with Crippen molar-refractivity contribution < 1.29 is 9.59 Å². The van der Waals surface area contributed by atoms with E-state index in [1.165, 1.54) is 12.4 Å². The Morgan fingerprint density at radius 3 is 2.06 bits per heavy atom. The standard InChI is InChI=1S/C25H41N7O2.CH3N/c1-6-21(30-14(2)3)24(33)32-23(22(17-7-8-17)18-9-10-18)25(34)31-19(11-26)12-29-13-20(15(4)27)16(5)28;1-2/h6,11-12,14,17-18,22-23,27,30H,7-10,13,26,28H2,1-5H3,(H,31,34)(H,32,33);2H,1H2/b19-11+,20-16-,21-6-,27-15?,29-12?;. The molecule has 2 rings (SSSR count). The van der Waals surface area contributed by atoms with Crippen LogP contribution in [0.4, 0.5) is 0 Å². The predicted molar refractivity (Wildman–Crippen MR) is 147 cm³/mol. The van der Waals surface area contributed by atoms with E-state index < -0.39 is 6.04 Å². The quantitative estimate of drug-likeness (QED) is 0.151. The second-order valence-corrected chi connectivity index (χ2v) is 9.57. The van der Waals surface area contributed by atoms with Gasteiger partial charge in [0.25, 0.3) is 5.91 Å². The van der Waals surface area contributed by atoms with Gasteiger partial charge in [-0.3, -0.25) is 14.6 Å². The van der Waals surface area contributed by atoms with Crippen LogP contribution >= 0.6 is 0 Å². The molecule has 0 radical (unpaired) electrons. The van der Waals surface area contributed by atoms with Gasteiger partial charge in [0.2, 0.25) is 5.91 Å². The van der Waals surface area contributed by atoms with Crippen molar-refractivity contribution in [1.29, 1.82) is 10.8 Å².